The molecule has 35 heavy (non-hydrogen) atoms. The number of amides is 3. The van der Waals surface area contributed by atoms with Crippen LogP contribution in [0.25, 0.3) is 0 Å². The second-order valence-corrected chi connectivity index (χ2v) is 10.2. The van der Waals surface area contributed by atoms with Crippen molar-refractivity contribution in [3.8, 4) is 0 Å². The summed E-state index contributed by atoms with van der Waals surface area (Å²) in [6, 6.07) is 9.39. The van der Waals surface area contributed by atoms with E-state index in [1.54, 1.807) is 19.1 Å². The van der Waals surface area contributed by atoms with E-state index in [4.69, 9.17) is 9.88 Å². The highest BCUT2D eigenvalue weighted by Gasteiger charge is 2.45. The summed E-state index contributed by atoms with van der Waals surface area (Å²) in [5.41, 5.74) is 1.60. The van der Waals surface area contributed by atoms with Gasteiger partial charge in [0.1, 0.15) is 6.04 Å². The Balaban J connectivity index is 1.49. The fourth-order valence-corrected chi connectivity index (χ4v) is 4.95. The van der Waals surface area contributed by atoms with E-state index in [-0.39, 0.29) is 22.6 Å². The van der Waals surface area contributed by atoms with Gasteiger partial charge < -0.3 is 9.64 Å². The fourth-order valence-electron chi connectivity index (χ4n) is 4.39. The molecule has 2 aromatic carbocycles. The molecule has 0 fully saturated rings. The first-order chi connectivity index (χ1) is 16.5. The van der Waals surface area contributed by atoms with E-state index in [1.807, 2.05) is 6.92 Å². The maximum absolute atomic E-state index is 13.1. The lowest BCUT2D eigenvalue weighted by Gasteiger charge is -2.29. The third-order valence-corrected chi connectivity index (χ3v) is 7.35. The molecule has 0 spiro atoms. The lowest BCUT2D eigenvalue weighted by molar-refractivity contribution is -0.153. The number of sulfonamides is 1. The van der Waals surface area contributed by atoms with Crippen LogP contribution in [0.5, 0.6) is 0 Å². The van der Waals surface area contributed by atoms with Crippen LogP contribution in [-0.4, -0.2) is 56.2 Å². The zero-order valence-electron chi connectivity index (χ0n) is 19.3. The van der Waals surface area contributed by atoms with E-state index >= 15 is 0 Å². The van der Waals surface area contributed by atoms with Crippen LogP contribution in [0.4, 0.5) is 5.69 Å². The van der Waals surface area contributed by atoms with Gasteiger partial charge in [-0.05, 0) is 48.2 Å². The first-order valence-electron chi connectivity index (χ1n) is 11.1. The molecule has 2 N–H and O–H groups in total. The van der Waals surface area contributed by atoms with Crippen LogP contribution in [-0.2, 0) is 30.8 Å². The predicted octanol–water partition coefficient (Wildman–Crippen LogP) is 1.48. The van der Waals surface area contributed by atoms with Gasteiger partial charge in [-0.25, -0.2) is 18.4 Å². The molecule has 0 saturated carbocycles. The van der Waals surface area contributed by atoms with Gasteiger partial charge in [-0.1, -0.05) is 32.4 Å². The van der Waals surface area contributed by atoms with Gasteiger partial charge in [-0.3, -0.25) is 19.3 Å². The number of ether oxygens (including phenoxy) is 1. The van der Waals surface area contributed by atoms with Crippen molar-refractivity contribution in [1.82, 2.24) is 4.90 Å². The Hall–Kier alpha value is -3.57. The number of anilines is 1. The fraction of sp³-hybridized carbons (Fsp3) is 0.333. The highest BCUT2D eigenvalue weighted by atomic mass is 32.2. The average molecular weight is 500 g/mol. The van der Waals surface area contributed by atoms with E-state index in [2.05, 4.69) is 0 Å². The Morgan fingerprint density at radius 3 is 2.29 bits per heavy atom. The first-order valence-corrected chi connectivity index (χ1v) is 12.7. The van der Waals surface area contributed by atoms with Crippen LogP contribution in [0.2, 0.25) is 0 Å². The SMILES string of the molecule is CC[C@H](C)[C@@H](C(=O)OCC(=O)N1CCc2cc(S(N)(=O)=O)ccc21)N1C(=O)c2ccccc2C1=O. The smallest absolute Gasteiger partial charge is 0.330 e. The molecule has 3 amide bonds. The quantitative estimate of drug-likeness (QED) is 0.449. The van der Waals surface area contributed by atoms with E-state index in [0.717, 1.165) is 4.90 Å². The molecule has 2 aromatic rings. The zero-order chi connectivity index (χ0) is 25.5. The predicted molar refractivity (Wildman–Crippen MR) is 125 cm³/mol. The molecule has 0 saturated heterocycles. The Morgan fingerprint density at radius 1 is 1.09 bits per heavy atom. The number of hydrogen-bond donors (Lipinski definition) is 1. The minimum Gasteiger partial charge on any atom is -0.454 e. The van der Waals surface area contributed by atoms with Crippen LogP contribution in [0.15, 0.2) is 47.4 Å². The van der Waals surface area contributed by atoms with Gasteiger partial charge in [0.15, 0.2) is 6.61 Å². The Morgan fingerprint density at radius 2 is 1.71 bits per heavy atom. The van der Waals surface area contributed by atoms with Gasteiger partial charge in [0.05, 0.1) is 16.0 Å². The van der Waals surface area contributed by atoms with Crippen molar-refractivity contribution in [1.29, 1.82) is 0 Å². The lowest BCUT2D eigenvalue weighted by Crippen LogP contribution is -2.49. The molecule has 11 heteroatoms. The molecule has 2 atom stereocenters. The van der Waals surface area contributed by atoms with Crippen molar-refractivity contribution < 1.29 is 32.3 Å². The minimum absolute atomic E-state index is 0.0469. The Labute approximate surface area is 202 Å². The minimum atomic E-state index is -3.87. The molecule has 2 heterocycles. The van der Waals surface area contributed by atoms with E-state index in [9.17, 15) is 27.6 Å². The molecule has 10 nitrogen and oxygen atoms in total. The number of nitrogens with two attached hydrogens (primary N) is 1. The third-order valence-electron chi connectivity index (χ3n) is 6.44. The van der Waals surface area contributed by atoms with Crippen LogP contribution < -0.4 is 10.0 Å². The number of esters is 1. The summed E-state index contributed by atoms with van der Waals surface area (Å²) < 4.78 is 28.5. The summed E-state index contributed by atoms with van der Waals surface area (Å²) in [5, 5.41) is 5.17. The highest BCUT2D eigenvalue weighted by Crippen LogP contribution is 2.31. The van der Waals surface area contributed by atoms with Crippen molar-refractivity contribution in [2.24, 2.45) is 11.1 Å². The Bertz CT molecular complexity index is 1300. The van der Waals surface area contributed by atoms with Gasteiger partial charge >= 0.3 is 5.97 Å². The summed E-state index contributed by atoms with van der Waals surface area (Å²) >= 11 is 0. The molecule has 0 aliphatic carbocycles. The van der Waals surface area contributed by atoms with Crippen molar-refractivity contribution in [2.75, 3.05) is 18.1 Å². The first kappa shape index (κ1) is 24.6. The van der Waals surface area contributed by atoms with Crippen LogP contribution in [0, 0.1) is 5.92 Å². The second-order valence-electron chi connectivity index (χ2n) is 8.59. The number of imide groups is 1. The molecule has 0 radical (unpaired) electrons. The van der Waals surface area contributed by atoms with Crippen LogP contribution in [0.3, 0.4) is 0 Å². The number of hydrogen-bond acceptors (Lipinski definition) is 7. The molecule has 2 aliphatic rings. The van der Waals surface area contributed by atoms with Crippen LogP contribution in [0.1, 0.15) is 46.5 Å². The van der Waals surface area contributed by atoms with Crippen molar-refractivity contribution in [3.05, 3.63) is 59.2 Å². The van der Waals surface area contributed by atoms with E-state index in [0.29, 0.717) is 24.1 Å². The maximum Gasteiger partial charge on any atom is 0.330 e. The molecule has 0 bridgehead atoms. The largest absolute Gasteiger partial charge is 0.454 e. The molecule has 4 rings (SSSR count). The molecule has 184 valence electrons. The highest BCUT2D eigenvalue weighted by molar-refractivity contribution is 7.89. The van der Waals surface area contributed by atoms with Gasteiger partial charge in [-0.2, -0.15) is 0 Å². The maximum atomic E-state index is 13.1. The van der Waals surface area contributed by atoms with Crippen molar-refractivity contribution in [3.63, 3.8) is 0 Å². The third kappa shape index (κ3) is 4.44. The number of primary sulfonamides is 1. The summed E-state index contributed by atoms with van der Waals surface area (Å²) in [7, 11) is -3.87. The van der Waals surface area contributed by atoms with E-state index < -0.39 is 52.3 Å². The molecule has 0 unspecified atom stereocenters. The number of carbonyl (C=O) groups is 4. The number of benzene rings is 2. The molecule has 2 aliphatic heterocycles. The normalized spacial score (nSPS) is 16.7. The summed E-state index contributed by atoms with van der Waals surface area (Å²) in [4.78, 5) is 54.0. The summed E-state index contributed by atoms with van der Waals surface area (Å²) in [6.07, 6.45) is 0.913. The Kier molecular flexibility index (Phi) is 6.48. The van der Waals surface area contributed by atoms with Gasteiger partial charge in [0.2, 0.25) is 10.0 Å². The molecule has 0 aromatic heterocycles. The number of nitrogens with zero attached hydrogens (tertiary/aromatic N) is 2. The van der Waals surface area contributed by atoms with Gasteiger partial charge in [0, 0.05) is 12.2 Å². The van der Waals surface area contributed by atoms with Crippen molar-refractivity contribution in [2.45, 2.75) is 37.6 Å². The van der Waals surface area contributed by atoms with Gasteiger partial charge in [0.25, 0.3) is 17.7 Å². The zero-order valence-corrected chi connectivity index (χ0v) is 20.1. The summed E-state index contributed by atoms with van der Waals surface area (Å²) in [5.74, 6) is -2.89. The monoisotopic (exact) mass is 499 g/mol. The van der Waals surface area contributed by atoms with E-state index in [1.165, 1.54) is 35.2 Å². The molecular weight excluding hydrogens is 474 g/mol. The lowest BCUT2D eigenvalue weighted by atomic mass is 9.97. The number of rotatable bonds is 7. The van der Waals surface area contributed by atoms with Crippen LogP contribution >= 0.6 is 0 Å². The number of carbonyl (C=O) groups excluding carboxylic acids is 4. The topological polar surface area (TPSA) is 144 Å². The number of fused-ring (bicyclic) bond motifs is 2. The summed E-state index contributed by atoms with van der Waals surface area (Å²) in [6.45, 7) is 3.25. The van der Waals surface area contributed by atoms with Gasteiger partial charge in [-0.15, -0.1) is 0 Å². The van der Waals surface area contributed by atoms with Crippen molar-refractivity contribution >= 4 is 39.4 Å². The standard InChI is InChI=1S/C24H25N3O7S/c1-3-14(2)21(27-22(29)17-6-4-5-7-18(17)23(27)30)24(31)34-13-20(28)26-11-10-15-12-16(35(25,32)33)8-9-19(15)26/h4-9,12,14,21H,3,10-11,13H2,1-2H3,(H2,25,32,33)/t14-,21-/m0/s1. The second kappa shape index (κ2) is 9.23. The molecular formula is C24H25N3O7S. The average Bonchev–Trinajstić information content (AvgIpc) is 3.37.